The van der Waals surface area contributed by atoms with E-state index in [0.29, 0.717) is 35.6 Å². The van der Waals surface area contributed by atoms with Gasteiger partial charge in [0.05, 0.1) is 7.11 Å². The maximum Gasteiger partial charge on any atom is 0.233 e. The molecule has 4 rings (SSSR count). The van der Waals surface area contributed by atoms with Gasteiger partial charge in [-0.25, -0.2) is 4.39 Å². The molecule has 0 saturated heterocycles. The summed E-state index contributed by atoms with van der Waals surface area (Å²) in [5.41, 5.74) is 0.567. The zero-order valence-electron chi connectivity index (χ0n) is 19.7. The van der Waals surface area contributed by atoms with E-state index in [2.05, 4.69) is 25.9 Å². The molecule has 0 bridgehead atoms. The maximum absolute atomic E-state index is 14.2. The first-order chi connectivity index (χ1) is 16.2. The first kappa shape index (κ1) is 23.5. The normalized spacial score (nSPS) is 18.6. The number of halogens is 1. The third kappa shape index (κ3) is 7.17. The molecule has 0 aliphatic heterocycles. The minimum absolute atomic E-state index is 0.207. The Bertz CT molecular complexity index is 879. The van der Waals surface area contributed by atoms with Gasteiger partial charge in [-0.2, -0.15) is 15.0 Å². The van der Waals surface area contributed by atoms with Crippen LogP contribution in [0.1, 0.15) is 83.5 Å². The average Bonchev–Trinajstić information content (AvgIpc) is 3.04. The van der Waals surface area contributed by atoms with Crippen molar-refractivity contribution >= 4 is 23.5 Å². The summed E-state index contributed by atoms with van der Waals surface area (Å²) in [6.45, 7) is 0. The molecule has 2 fully saturated rings. The molecule has 7 nitrogen and oxygen atoms in total. The lowest BCUT2D eigenvalue weighted by Crippen LogP contribution is -2.24. The summed E-state index contributed by atoms with van der Waals surface area (Å²) in [4.78, 5) is 14.0. The number of aromatic nitrogens is 3. The van der Waals surface area contributed by atoms with Crippen molar-refractivity contribution in [2.45, 2.75) is 95.6 Å². The second-order valence-electron chi connectivity index (χ2n) is 9.30. The number of hydrogen-bond acceptors (Lipinski definition) is 7. The van der Waals surface area contributed by atoms with E-state index >= 15 is 0 Å². The second kappa shape index (κ2) is 12.0. The predicted octanol–water partition coefficient (Wildman–Crippen LogP) is 6.42. The van der Waals surface area contributed by atoms with Gasteiger partial charge in [0.1, 0.15) is 0 Å². The van der Waals surface area contributed by atoms with Crippen LogP contribution in [0.4, 0.5) is 27.9 Å². The molecule has 0 atom stereocenters. The van der Waals surface area contributed by atoms with Gasteiger partial charge in [-0.15, -0.1) is 0 Å². The Kier molecular flexibility index (Phi) is 8.55. The monoisotopic (exact) mass is 456 g/mol. The molecule has 180 valence electrons. The van der Waals surface area contributed by atoms with Gasteiger partial charge in [0.15, 0.2) is 11.6 Å². The minimum atomic E-state index is -0.429. The Balaban J connectivity index is 1.54. The highest BCUT2D eigenvalue weighted by atomic mass is 19.1. The van der Waals surface area contributed by atoms with E-state index in [1.165, 1.54) is 71.0 Å². The quantitative estimate of drug-likeness (QED) is 0.414. The highest BCUT2D eigenvalue weighted by Gasteiger charge is 2.17. The molecule has 1 heterocycles. The van der Waals surface area contributed by atoms with Gasteiger partial charge in [0.25, 0.3) is 0 Å². The molecule has 2 aromatic rings. The van der Waals surface area contributed by atoms with E-state index in [4.69, 9.17) is 9.72 Å². The fourth-order valence-corrected chi connectivity index (χ4v) is 4.82. The van der Waals surface area contributed by atoms with Crippen LogP contribution in [0.3, 0.4) is 0 Å². The van der Waals surface area contributed by atoms with Crippen molar-refractivity contribution in [3.8, 4) is 5.75 Å². The molecule has 2 aliphatic rings. The summed E-state index contributed by atoms with van der Waals surface area (Å²) in [6, 6.07) is 5.48. The number of nitrogens with one attached hydrogen (secondary N) is 3. The third-order valence-electron chi connectivity index (χ3n) is 6.67. The number of anilines is 4. The topological polar surface area (TPSA) is 84.0 Å². The molecule has 0 radical (unpaired) electrons. The first-order valence-electron chi connectivity index (χ1n) is 12.6. The molecule has 2 aliphatic carbocycles. The molecular weight excluding hydrogens is 419 g/mol. The molecule has 0 spiro atoms. The summed E-state index contributed by atoms with van der Waals surface area (Å²) in [7, 11) is 1.45. The van der Waals surface area contributed by atoms with Gasteiger partial charge in [0.2, 0.25) is 17.8 Å². The summed E-state index contributed by atoms with van der Waals surface area (Å²) in [5.74, 6) is 1.32. The minimum Gasteiger partial charge on any atom is -0.494 e. The Morgan fingerprint density at radius 3 is 1.70 bits per heavy atom. The van der Waals surface area contributed by atoms with Crippen molar-refractivity contribution in [3.63, 3.8) is 0 Å². The molecule has 1 aromatic heterocycles. The van der Waals surface area contributed by atoms with Crippen molar-refractivity contribution in [1.29, 1.82) is 0 Å². The lowest BCUT2D eigenvalue weighted by molar-refractivity contribution is 0.386. The fraction of sp³-hybridized carbons (Fsp3) is 0.640. The lowest BCUT2D eigenvalue weighted by Gasteiger charge is -2.22. The summed E-state index contributed by atoms with van der Waals surface area (Å²) in [5, 5.41) is 10.2. The van der Waals surface area contributed by atoms with E-state index in [1.54, 1.807) is 12.1 Å². The van der Waals surface area contributed by atoms with Crippen molar-refractivity contribution < 1.29 is 9.13 Å². The predicted molar refractivity (Wildman–Crippen MR) is 131 cm³/mol. The van der Waals surface area contributed by atoms with Crippen LogP contribution >= 0.6 is 0 Å². The van der Waals surface area contributed by atoms with Crippen molar-refractivity contribution in [2.24, 2.45) is 0 Å². The highest BCUT2D eigenvalue weighted by Crippen LogP contribution is 2.25. The van der Waals surface area contributed by atoms with Crippen LogP contribution < -0.4 is 20.7 Å². The molecule has 3 N–H and O–H groups in total. The molecular formula is C25H37FN6O. The van der Waals surface area contributed by atoms with Gasteiger partial charge in [-0.1, -0.05) is 57.8 Å². The average molecular weight is 457 g/mol. The van der Waals surface area contributed by atoms with Crippen LogP contribution in [0, 0.1) is 5.82 Å². The molecule has 8 heteroatoms. The van der Waals surface area contributed by atoms with E-state index < -0.39 is 5.82 Å². The van der Waals surface area contributed by atoms with Crippen molar-refractivity contribution in [1.82, 2.24) is 15.0 Å². The molecule has 1 aromatic carbocycles. The standard InChI is InChI=1S/C25H37FN6O/c1-33-22-16-15-20(17-21(22)26)29-25-31-23(27-18-11-7-3-2-4-8-12-18)30-24(32-25)28-19-13-9-5-6-10-14-19/h15-19H,2-14H2,1H3,(H3,27,28,29,30,31,32). The van der Waals surface area contributed by atoms with Crippen molar-refractivity contribution in [2.75, 3.05) is 23.1 Å². The second-order valence-corrected chi connectivity index (χ2v) is 9.30. The van der Waals surface area contributed by atoms with E-state index in [-0.39, 0.29) is 5.75 Å². The van der Waals surface area contributed by atoms with Gasteiger partial charge < -0.3 is 20.7 Å². The number of rotatable bonds is 7. The van der Waals surface area contributed by atoms with Crippen LogP contribution in [0.5, 0.6) is 5.75 Å². The van der Waals surface area contributed by atoms with Crippen LogP contribution in [-0.4, -0.2) is 34.1 Å². The third-order valence-corrected chi connectivity index (χ3v) is 6.67. The van der Waals surface area contributed by atoms with Gasteiger partial charge >= 0.3 is 0 Å². The molecule has 33 heavy (non-hydrogen) atoms. The number of methoxy groups -OCH3 is 1. The van der Waals surface area contributed by atoms with Crippen LogP contribution in [0.25, 0.3) is 0 Å². The van der Waals surface area contributed by atoms with Crippen LogP contribution in [0.15, 0.2) is 18.2 Å². The zero-order valence-corrected chi connectivity index (χ0v) is 19.7. The van der Waals surface area contributed by atoms with Gasteiger partial charge in [-0.3, -0.25) is 0 Å². The lowest BCUT2D eigenvalue weighted by atomic mass is 9.97. The molecule has 2 saturated carbocycles. The Morgan fingerprint density at radius 2 is 1.21 bits per heavy atom. The van der Waals surface area contributed by atoms with E-state index in [9.17, 15) is 4.39 Å². The zero-order chi connectivity index (χ0) is 22.9. The number of hydrogen-bond donors (Lipinski definition) is 3. The fourth-order valence-electron chi connectivity index (χ4n) is 4.82. The van der Waals surface area contributed by atoms with E-state index in [0.717, 1.165) is 25.7 Å². The van der Waals surface area contributed by atoms with Crippen LogP contribution in [0.2, 0.25) is 0 Å². The summed E-state index contributed by atoms with van der Waals surface area (Å²) >= 11 is 0. The molecule has 0 unspecified atom stereocenters. The van der Waals surface area contributed by atoms with Crippen molar-refractivity contribution in [3.05, 3.63) is 24.0 Å². The highest BCUT2D eigenvalue weighted by molar-refractivity contribution is 5.57. The smallest absolute Gasteiger partial charge is 0.233 e. The number of nitrogens with zero attached hydrogens (tertiary/aromatic N) is 3. The number of benzene rings is 1. The number of ether oxygens (including phenoxy) is 1. The van der Waals surface area contributed by atoms with Gasteiger partial charge in [-0.05, 0) is 37.8 Å². The largest absolute Gasteiger partial charge is 0.494 e. The van der Waals surface area contributed by atoms with Gasteiger partial charge in [0, 0.05) is 23.8 Å². The summed E-state index contributed by atoms with van der Waals surface area (Å²) in [6.07, 6.45) is 15.9. The Hall–Kier alpha value is -2.64. The molecule has 0 amide bonds. The maximum atomic E-state index is 14.2. The van der Waals surface area contributed by atoms with E-state index in [1.807, 2.05) is 0 Å². The Morgan fingerprint density at radius 1 is 0.727 bits per heavy atom. The summed E-state index contributed by atoms with van der Waals surface area (Å²) < 4.78 is 19.2. The van der Waals surface area contributed by atoms with Crippen LogP contribution in [-0.2, 0) is 0 Å². The SMILES string of the molecule is COc1ccc(Nc2nc(NC3CCCCCCC3)nc(NC3CCCCCC3)n2)cc1F. The first-order valence-corrected chi connectivity index (χ1v) is 12.6. The Labute approximate surface area is 196 Å².